The van der Waals surface area contributed by atoms with Crippen LogP contribution in [0.15, 0.2) is 97.1 Å². The minimum Gasteiger partial charge on any atom is -0.399 e. The molecule has 2 nitrogen and oxygen atoms in total. The van der Waals surface area contributed by atoms with Gasteiger partial charge in [0, 0.05) is 23.2 Å². The van der Waals surface area contributed by atoms with Crippen molar-refractivity contribution in [3.63, 3.8) is 0 Å². The molecule has 270 valence electrons. The molecule has 0 aromatic heterocycles. The lowest BCUT2D eigenvalue weighted by Gasteiger charge is -2.22. The Labute approximate surface area is 306 Å². The topological polar surface area (TPSA) is 52.0 Å². The van der Waals surface area contributed by atoms with Gasteiger partial charge in [0.1, 0.15) is 0 Å². The van der Waals surface area contributed by atoms with E-state index in [2.05, 4.69) is 118 Å². The highest BCUT2D eigenvalue weighted by atomic mass is 14.5. The molecule has 0 bridgehead atoms. The average molecular weight is 673 g/mol. The van der Waals surface area contributed by atoms with E-state index in [1.54, 1.807) is 0 Å². The molecule has 0 heterocycles. The molecule has 0 spiro atoms. The van der Waals surface area contributed by atoms with Crippen LogP contribution in [0.4, 0.5) is 11.4 Å². The van der Waals surface area contributed by atoms with Crippen molar-refractivity contribution in [2.75, 3.05) is 11.5 Å². The van der Waals surface area contributed by atoms with Crippen molar-refractivity contribution in [2.24, 2.45) is 0 Å². The minimum atomic E-state index is 0.419. The first-order valence-electron chi connectivity index (χ1n) is 20.4. The first-order valence-corrected chi connectivity index (χ1v) is 20.4. The van der Waals surface area contributed by atoms with Crippen LogP contribution in [0.3, 0.4) is 0 Å². The molecule has 0 aliphatic rings. The molecule has 2 heteroatoms. The standard InChI is InChI=1S/C48H68N2/c1-4-7-10-12-14-16-19-47(42-29-33-45(49)34-30-42)40-23-21-38(22-24-40)37-44(18-9-6-3)39-25-27-41(28-26-39)48(20-17-15-13-11-8-5-2)43-31-35-46(50)36-32-43/h21-36,44,47-48H,4-20,37,49-50H2,1-3H3. The smallest absolute Gasteiger partial charge is 0.0314 e. The molecule has 50 heavy (non-hydrogen) atoms. The molecule has 0 amide bonds. The van der Waals surface area contributed by atoms with E-state index in [1.807, 2.05) is 0 Å². The molecule has 4 aromatic carbocycles. The Balaban J connectivity index is 1.47. The number of benzene rings is 4. The summed E-state index contributed by atoms with van der Waals surface area (Å²) in [6.45, 7) is 6.90. The fraction of sp³-hybridized carbons (Fsp3) is 0.500. The second kappa shape index (κ2) is 22.3. The van der Waals surface area contributed by atoms with Gasteiger partial charge in [-0.2, -0.15) is 0 Å². The number of hydrogen-bond acceptors (Lipinski definition) is 2. The number of nitrogen functional groups attached to an aromatic ring is 2. The van der Waals surface area contributed by atoms with Gasteiger partial charge in [0.05, 0.1) is 0 Å². The summed E-state index contributed by atoms with van der Waals surface area (Å²) in [5.41, 5.74) is 22.4. The van der Waals surface area contributed by atoms with Gasteiger partial charge in [-0.1, -0.05) is 183 Å². The van der Waals surface area contributed by atoms with Gasteiger partial charge in [0.25, 0.3) is 0 Å². The predicted molar refractivity (Wildman–Crippen MR) is 220 cm³/mol. The van der Waals surface area contributed by atoms with E-state index in [4.69, 9.17) is 11.5 Å². The lowest BCUT2D eigenvalue weighted by Crippen LogP contribution is -2.06. The van der Waals surface area contributed by atoms with E-state index in [9.17, 15) is 0 Å². The highest BCUT2D eigenvalue weighted by Gasteiger charge is 2.18. The SMILES string of the molecule is CCCCCCCCC(c1ccc(N)cc1)c1ccc(CC(CCCC)c2ccc(C(CCCCCCCC)c3ccc(N)cc3)cc2)cc1. The van der Waals surface area contributed by atoms with E-state index < -0.39 is 0 Å². The monoisotopic (exact) mass is 673 g/mol. The van der Waals surface area contributed by atoms with Gasteiger partial charge in [-0.05, 0) is 89.2 Å². The molecule has 0 aliphatic heterocycles. The zero-order chi connectivity index (χ0) is 35.4. The van der Waals surface area contributed by atoms with Gasteiger partial charge in [0.2, 0.25) is 0 Å². The fourth-order valence-electron chi connectivity index (χ4n) is 7.77. The van der Waals surface area contributed by atoms with Gasteiger partial charge in [0.15, 0.2) is 0 Å². The van der Waals surface area contributed by atoms with Gasteiger partial charge in [-0.3, -0.25) is 0 Å². The zero-order valence-corrected chi connectivity index (χ0v) is 31.9. The van der Waals surface area contributed by atoms with Crippen molar-refractivity contribution < 1.29 is 0 Å². The average Bonchev–Trinajstić information content (AvgIpc) is 3.14. The van der Waals surface area contributed by atoms with E-state index in [-0.39, 0.29) is 0 Å². The zero-order valence-electron chi connectivity index (χ0n) is 31.9. The summed E-state index contributed by atoms with van der Waals surface area (Å²) in [6.07, 6.45) is 23.1. The maximum Gasteiger partial charge on any atom is 0.0314 e. The van der Waals surface area contributed by atoms with Crippen molar-refractivity contribution in [3.8, 4) is 0 Å². The number of unbranched alkanes of at least 4 members (excludes halogenated alkanes) is 11. The van der Waals surface area contributed by atoms with Crippen molar-refractivity contribution in [1.29, 1.82) is 0 Å². The van der Waals surface area contributed by atoms with Crippen molar-refractivity contribution >= 4 is 11.4 Å². The molecule has 4 aromatic rings. The quantitative estimate of drug-likeness (QED) is 0.0575. The van der Waals surface area contributed by atoms with Gasteiger partial charge in [-0.15, -0.1) is 0 Å². The summed E-state index contributed by atoms with van der Waals surface area (Å²) in [5, 5.41) is 0. The van der Waals surface area contributed by atoms with Crippen LogP contribution in [0.1, 0.15) is 181 Å². The fourth-order valence-corrected chi connectivity index (χ4v) is 7.77. The van der Waals surface area contributed by atoms with E-state index in [0.717, 1.165) is 17.8 Å². The number of nitrogens with two attached hydrogens (primary N) is 2. The Morgan fingerprint density at radius 2 is 0.700 bits per heavy atom. The Morgan fingerprint density at radius 3 is 1.12 bits per heavy atom. The highest BCUT2D eigenvalue weighted by molar-refractivity contribution is 5.44. The Kier molecular flexibility index (Phi) is 17.5. The summed E-state index contributed by atoms with van der Waals surface area (Å²) in [5.74, 6) is 1.37. The molecule has 0 aliphatic carbocycles. The van der Waals surface area contributed by atoms with Crippen LogP contribution in [0.2, 0.25) is 0 Å². The third kappa shape index (κ3) is 13.0. The maximum atomic E-state index is 6.08. The van der Waals surface area contributed by atoms with Gasteiger partial charge < -0.3 is 11.5 Å². The van der Waals surface area contributed by atoms with Crippen molar-refractivity contribution in [3.05, 3.63) is 130 Å². The molecule has 0 saturated carbocycles. The third-order valence-electron chi connectivity index (χ3n) is 11.0. The van der Waals surface area contributed by atoms with Crippen LogP contribution in [0.5, 0.6) is 0 Å². The molecular weight excluding hydrogens is 605 g/mol. The third-order valence-corrected chi connectivity index (χ3v) is 11.0. The van der Waals surface area contributed by atoms with Crippen LogP contribution >= 0.6 is 0 Å². The lowest BCUT2D eigenvalue weighted by atomic mass is 9.83. The predicted octanol–water partition coefficient (Wildman–Crippen LogP) is 14.1. The van der Waals surface area contributed by atoms with Crippen LogP contribution in [0.25, 0.3) is 0 Å². The van der Waals surface area contributed by atoms with E-state index >= 15 is 0 Å². The second-order valence-electron chi connectivity index (χ2n) is 15.0. The first-order chi connectivity index (χ1) is 24.5. The van der Waals surface area contributed by atoms with Crippen LogP contribution in [0, 0.1) is 0 Å². The Hall–Kier alpha value is -3.52. The summed E-state index contributed by atoms with van der Waals surface area (Å²) in [7, 11) is 0. The molecule has 4 rings (SSSR count). The molecule has 0 fully saturated rings. The highest BCUT2D eigenvalue weighted by Crippen LogP contribution is 2.35. The largest absolute Gasteiger partial charge is 0.399 e. The normalized spacial score (nSPS) is 13.3. The first kappa shape index (κ1) is 39.3. The summed E-state index contributed by atoms with van der Waals surface area (Å²) in [4.78, 5) is 0. The number of rotatable bonds is 24. The second-order valence-corrected chi connectivity index (χ2v) is 15.0. The van der Waals surface area contributed by atoms with Crippen LogP contribution < -0.4 is 11.5 Å². The summed E-state index contributed by atoms with van der Waals surface area (Å²) in [6, 6.07) is 36.6. The van der Waals surface area contributed by atoms with Crippen molar-refractivity contribution in [2.45, 2.75) is 154 Å². The minimum absolute atomic E-state index is 0.419. The maximum absolute atomic E-state index is 6.08. The van der Waals surface area contributed by atoms with E-state index in [0.29, 0.717) is 17.8 Å². The molecule has 3 atom stereocenters. The van der Waals surface area contributed by atoms with Crippen molar-refractivity contribution in [1.82, 2.24) is 0 Å². The number of anilines is 2. The molecule has 4 N–H and O–H groups in total. The summed E-state index contributed by atoms with van der Waals surface area (Å²) < 4.78 is 0. The molecule has 0 radical (unpaired) electrons. The summed E-state index contributed by atoms with van der Waals surface area (Å²) >= 11 is 0. The van der Waals surface area contributed by atoms with Crippen LogP contribution in [-0.4, -0.2) is 0 Å². The lowest BCUT2D eigenvalue weighted by molar-refractivity contribution is 0.566. The Morgan fingerprint density at radius 1 is 0.360 bits per heavy atom. The number of hydrogen-bond donors (Lipinski definition) is 2. The molecule has 0 saturated heterocycles. The van der Waals surface area contributed by atoms with Gasteiger partial charge >= 0.3 is 0 Å². The van der Waals surface area contributed by atoms with E-state index in [1.165, 1.54) is 143 Å². The molecule has 3 unspecified atom stereocenters. The van der Waals surface area contributed by atoms with Crippen LogP contribution in [-0.2, 0) is 6.42 Å². The van der Waals surface area contributed by atoms with Gasteiger partial charge in [-0.25, -0.2) is 0 Å². The Bertz CT molecular complexity index is 1440. The molecular formula is C48H68N2.